The highest BCUT2D eigenvalue weighted by Crippen LogP contribution is 2.24. The number of sulfonamides is 1. The van der Waals surface area contributed by atoms with E-state index in [0.717, 1.165) is 11.3 Å². The zero-order valence-electron chi connectivity index (χ0n) is 14.8. The summed E-state index contributed by atoms with van der Waals surface area (Å²) < 4.78 is 27.7. The third-order valence-corrected chi connectivity index (χ3v) is 6.15. The predicted molar refractivity (Wildman–Crippen MR) is 112 cm³/mol. The highest BCUT2D eigenvalue weighted by Gasteiger charge is 2.18. The molecule has 4 N–H and O–H groups in total. The third kappa shape index (κ3) is 5.31. The number of rotatable bonds is 7. The molecule has 2 aromatic carbocycles. The molecule has 3 rings (SSSR count). The molecule has 1 aromatic heterocycles. The number of carbonyl (C=O) groups excluding carboxylic acids is 2. The van der Waals surface area contributed by atoms with Crippen molar-refractivity contribution < 1.29 is 18.0 Å². The lowest BCUT2D eigenvalue weighted by molar-refractivity contribution is -0.117. The van der Waals surface area contributed by atoms with Crippen LogP contribution in [0.15, 0.2) is 58.8 Å². The van der Waals surface area contributed by atoms with Gasteiger partial charge in [-0.3, -0.25) is 19.6 Å². The maximum Gasteiger partial charge on any atom is 0.261 e. The topological polar surface area (TPSA) is 131 Å². The molecular formula is C18H15ClN4O4S2. The number of nitrogens with zero attached hydrogens (tertiary/aromatic N) is 1. The summed E-state index contributed by atoms with van der Waals surface area (Å²) in [6, 6.07) is 12.0. The van der Waals surface area contributed by atoms with Crippen molar-refractivity contribution in [2.45, 2.75) is 11.3 Å². The van der Waals surface area contributed by atoms with Gasteiger partial charge in [-0.25, -0.2) is 13.4 Å². The summed E-state index contributed by atoms with van der Waals surface area (Å²) in [7, 11) is -3.95. The van der Waals surface area contributed by atoms with Crippen LogP contribution in [-0.2, 0) is 21.2 Å². The number of thiazole rings is 1. The number of hydrogen-bond donors (Lipinski definition) is 3. The Morgan fingerprint density at radius 1 is 1.14 bits per heavy atom. The number of halogens is 1. The van der Waals surface area contributed by atoms with Gasteiger partial charge in [-0.05, 0) is 30.3 Å². The van der Waals surface area contributed by atoms with Crippen molar-refractivity contribution in [3.63, 3.8) is 0 Å². The Balaban J connectivity index is 1.78. The van der Waals surface area contributed by atoms with Crippen molar-refractivity contribution in [1.82, 2.24) is 4.98 Å². The van der Waals surface area contributed by atoms with Gasteiger partial charge in [0.25, 0.3) is 15.9 Å². The highest BCUT2D eigenvalue weighted by atomic mass is 35.5. The van der Waals surface area contributed by atoms with Gasteiger partial charge in [0.05, 0.1) is 27.7 Å². The number of aromatic nitrogens is 1. The minimum Gasteiger partial charge on any atom is -0.369 e. The first-order valence-corrected chi connectivity index (χ1v) is 10.9. The highest BCUT2D eigenvalue weighted by molar-refractivity contribution is 7.92. The Labute approximate surface area is 175 Å². The first-order chi connectivity index (χ1) is 13.7. The third-order valence-electron chi connectivity index (χ3n) is 3.65. The summed E-state index contributed by atoms with van der Waals surface area (Å²) in [6.07, 6.45) is -0.0339. The van der Waals surface area contributed by atoms with Crippen LogP contribution in [0.25, 0.3) is 0 Å². The number of primary amides is 1. The Hall–Kier alpha value is -2.95. The van der Waals surface area contributed by atoms with Gasteiger partial charge in [0.15, 0.2) is 5.13 Å². The lowest BCUT2D eigenvalue weighted by atomic mass is 10.2. The van der Waals surface area contributed by atoms with Crippen LogP contribution < -0.4 is 15.8 Å². The second-order valence-electron chi connectivity index (χ2n) is 5.85. The normalized spacial score (nSPS) is 11.1. The van der Waals surface area contributed by atoms with Gasteiger partial charge in [-0.1, -0.05) is 29.8 Å². The first kappa shape index (κ1) is 20.8. The van der Waals surface area contributed by atoms with Crippen LogP contribution in [0.3, 0.4) is 0 Å². The number of hydrogen-bond acceptors (Lipinski definition) is 6. The number of carbonyl (C=O) groups is 2. The number of nitrogens with one attached hydrogen (secondary N) is 2. The van der Waals surface area contributed by atoms with E-state index in [1.165, 1.54) is 30.3 Å². The van der Waals surface area contributed by atoms with Gasteiger partial charge >= 0.3 is 0 Å². The molecular weight excluding hydrogens is 436 g/mol. The average molecular weight is 451 g/mol. The molecule has 0 saturated heterocycles. The van der Waals surface area contributed by atoms with Crippen molar-refractivity contribution in [3.05, 3.63) is 70.2 Å². The zero-order valence-corrected chi connectivity index (χ0v) is 17.1. The van der Waals surface area contributed by atoms with Crippen molar-refractivity contribution in [2.75, 3.05) is 10.0 Å². The monoisotopic (exact) mass is 450 g/mol. The van der Waals surface area contributed by atoms with Crippen LogP contribution in [0.1, 0.15) is 16.1 Å². The van der Waals surface area contributed by atoms with Gasteiger partial charge < -0.3 is 5.73 Å². The molecule has 0 spiro atoms. The Morgan fingerprint density at radius 2 is 1.90 bits per heavy atom. The predicted octanol–water partition coefficient (Wildman–Crippen LogP) is 2.88. The van der Waals surface area contributed by atoms with Gasteiger partial charge in [-0.15, -0.1) is 11.3 Å². The molecule has 0 fully saturated rings. The lowest BCUT2D eigenvalue weighted by Crippen LogP contribution is -2.16. The summed E-state index contributed by atoms with van der Waals surface area (Å²) in [5.41, 5.74) is 5.91. The van der Waals surface area contributed by atoms with E-state index < -0.39 is 21.8 Å². The van der Waals surface area contributed by atoms with Gasteiger partial charge in [-0.2, -0.15) is 0 Å². The molecule has 1 heterocycles. The van der Waals surface area contributed by atoms with Gasteiger partial charge in [0, 0.05) is 10.9 Å². The van der Waals surface area contributed by atoms with E-state index in [-0.39, 0.29) is 32.7 Å². The van der Waals surface area contributed by atoms with Crippen LogP contribution in [0.2, 0.25) is 5.02 Å². The largest absolute Gasteiger partial charge is 0.369 e. The zero-order chi connectivity index (χ0) is 21.0. The maximum atomic E-state index is 12.6. The molecule has 11 heteroatoms. The fraction of sp³-hybridized carbons (Fsp3) is 0.0556. The van der Waals surface area contributed by atoms with Crippen LogP contribution in [0.5, 0.6) is 0 Å². The summed E-state index contributed by atoms with van der Waals surface area (Å²) >= 11 is 7.13. The summed E-state index contributed by atoms with van der Waals surface area (Å²) in [5.74, 6) is -1.07. The van der Waals surface area contributed by atoms with Crippen LogP contribution in [-0.4, -0.2) is 25.2 Å². The molecule has 0 aliphatic heterocycles. The van der Waals surface area contributed by atoms with Crippen molar-refractivity contribution in [1.29, 1.82) is 0 Å². The van der Waals surface area contributed by atoms with Crippen LogP contribution in [0, 0.1) is 0 Å². The summed E-state index contributed by atoms with van der Waals surface area (Å²) in [5, 5.41) is 4.70. The molecule has 3 aromatic rings. The quantitative estimate of drug-likeness (QED) is 0.509. The summed E-state index contributed by atoms with van der Waals surface area (Å²) in [6.45, 7) is 0. The average Bonchev–Trinajstić information content (AvgIpc) is 3.09. The lowest BCUT2D eigenvalue weighted by Gasteiger charge is -2.10. The van der Waals surface area contributed by atoms with E-state index in [2.05, 4.69) is 15.0 Å². The number of nitrogens with two attached hydrogens (primary N) is 1. The molecule has 150 valence electrons. The number of para-hydroxylation sites is 1. The smallest absolute Gasteiger partial charge is 0.261 e. The van der Waals surface area contributed by atoms with E-state index in [4.69, 9.17) is 17.3 Å². The fourth-order valence-corrected chi connectivity index (χ4v) is 4.42. The van der Waals surface area contributed by atoms with Crippen LogP contribution >= 0.6 is 22.9 Å². The van der Waals surface area contributed by atoms with Gasteiger partial charge in [0.1, 0.15) is 0 Å². The second-order valence-corrected chi connectivity index (χ2v) is 8.80. The molecule has 0 bridgehead atoms. The Morgan fingerprint density at radius 3 is 2.62 bits per heavy atom. The van der Waals surface area contributed by atoms with Crippen LogP contribution in [0.4, 0.5) is 10.8 Å². The number of benzene rings is 2. The molecule has 2 amide bonds. The number of amides is 2. The molecule has 0 radical (unpaired) electrons. The van der Waals surface area contributed by atoms with Crippen molar-refractivity contribution >= 4 is 55.6 Å². The Kier molecular flexibility index (Phi) is 6.16. The van der Waals surface area contributed by atoms with E-state index in [1.807, 2.05) is 0 Å². The molecule has 0 aliphatic rings. The first-order valence-electron chi connectivity index (χ1n) is 8.16. The molecule has 29 heavy (non-hydrogen) atoms. The summed E-state index contributed by atoms with van der Waals surface area (Å²) in [4.78, 5) is 27.4. The van der Waals surface area contributed by atoms with Gasteiger partial charge in [0.2, 0.25) is 5.91 Å². The molecule has 0 unspecified atom stereocenters. The van der Waals surface area contributed by atoms with E-state index in [1.54, 1.807) is 23.6 Å². The molecule has 0 aliphatic carbocycles. The fourth-order valence-electron chi connectivity index (χ4n) is 2.35. The van der Waals surface area contributed by atoms with E-state index >= 15 is 0 Å². The minimum atomic E-state index is -3.95. The Bertz CT molecular complexity index is 1180. The van der Waals surface area contributed by atoms with E-state index in [9.17, 15) is 18.0 Å². The maximum absolute atomic E-state index is 12.6. The SMILES string of the molecule is NC(=O)Cc1csc(NC(=O)c2cccc(S(=O)(=O)Nc3ccccc3Cl)c2)n1. The standard InChI is InChI=1S/C18H15ClN4O4S2/c19-14-6-1-2-7-15(14)23-29(26,27)13-5-3-4-11(8-13)17(25)22-18-21-12(10-28-18)9-16(20)24/h1-8,10,23H,9H2,(H2,20,24)(H,21,22,25). The van der Waals surface area contributed by atoms with E-state index in [0.29, 0.717) is 5.69 Å². The van der Waals surface area contributed by atoms with Crippen molar-refractivity contribution in [3.8, 4) is 0 Å². The number of anilines is 2. The molecule has 0 atom stereocenters. The minimum absolute atomic E-state index is 0.0339. The second kappa shape index (κ2) is 8.60. The molecule has 8 nitrogen and oxygen atoms in total. The molecule has 0 saturated carbocycles. The van der Waals surface area contributed by atoms with Crippen molar-refractivity contribution in [2.24, 2.45) is 5.73 Å².